The highest BCUT2D eigenvalue weighted by Crippen LogP contribution is 2.20. The monoisotopic (exact) mass is 283 g/mol. The molecule has 1 N–H and O–H groups in total. The summed E-state index contributed by atoms with van der Waals surface area (Å²) < 4.78 is 1.69. The second-order valence-electron chi connectivity index (χ2n) is 4.16. The van der Waals surface area contributed by atoms with Gasteiger partial charge in [-0.25, -0.2) is 0 Å². The van der Waals surface area contributed by atoms with Gasteiger partial charge in [0.1, 0.15) is 5.15 Å². The molecule has 1 aromatic heterocycles. The van der Waals surface area contributed by atoms with Crippen molar-refractivity contribution in [1.29, 1.82) is 0 Å². The van der Waals surface area contributed by atoms with E-state index in [0.29, 0.717) is 17.6 Å². The van der Waals surface area contributed by atoms with Crippen LogP contribution < -0.4 is 5.32 Å². The SMILES string of the molecule is Cc1nn(C)c(Cl)c1CNc1ccc(CCl)cc1. The molecule has 0 fully saturated rings. The highest BCUT2D eigenvalue weighted by atomic mass is 35.5. The summed E-state index contributed by atoms with van der Waals surface area (Å²) in [6.45, 7) is 2.62. The van der Waals surface area contributed by atoms with Crippen molar-refractivity contribution in [3.05, 3.63) is 46.2 Å². The first-order valence-electron chi connectivity index (χ1n) is 5.68. The van der Waals surface area contributed by atoms with Crippen molar-refractivity contribution in [2.24, 2.45) is 7.05 Å². The molecule has 1 heterocycles. The average Bonchev–Trinajstić information content (AvgIpc) is 2.62. The molecule has 0 spiro atoms. The maximum absolute atomic E-state index is 6.17. The Labute approximate surface area is 117 Å². The lowest BCUT2D eigenvalue weighted by molar-refractivity contribution is 0.757. The Hall–Kier alpha value is -1.19. The Morgan fingerprint density at radius 2 is 1.94 bits per heavy atom. The van der Waals surface area contributed by atoms with E-state index in [1.807, 2.05) is 38.2 Å². The molecule has 0 saturated heterocycles. The Morgan fingerprint density at radius 3 is 2.44 bits per heavy atom. The number of benzene rings is 1. The van der Waals surface area contributed by atoms with Gasteiger partial charge in [0.15, 0.2) is 0 Å². The van der Waals surface area contributed by atoms with E-state index in [0.717, 1.165) is 22.5 Å². The van der Waals surface area contributed by atoms with Crippen molar-refractivity contribution in [3.63, 3.8) is 0 Å². The van der Waals surface area contributed by atoms with Crippen molar-refractivity contribution < 1.29 is 0 Å². The third-order valence-electron chi connectivity index (χ3n) is 2.85. The van der Waals surface area contributed by atoms with Crippen LogP contribution in [0.3, 0.4) is 0 Å². The van der Waals surface area contributed by atoms with Crippen molar-refractivity contribution in [2.45, 2.75) is 19.3 Å². The standard InChI is InChI=1S/C13H15Cl2N3/c1-9-12(13(15)18(2)17-9)8-16-11-5-3-10(7-14)4-6-11/h3-6,16H,7-8H2,1-2H3. The molecule has 0 aliphatic rings. The molecule has 0 amide bonds. The fourth-order valence-corrected chi connectivity index (χ4v) is 2.20. The van der Waals surface area contributed by atoms with E-state index in [-0.39, 0.29) is 0 Å². The average molecular weight is 284 g/mol. The summed E-state index contributed by atoms with van der Waals surface area (Å²) in [5, 5.41) is 8.28. The summed E-state index contributed by atoms with van der Waals surface area (Å²) >= 11 is 11.9. The lowest BCUT2D eigenvalue weighted by Gasteiger charge is -2.07. The summed E-state index contributed by atoms with van der Waals surface area (Å²) in [4.78, 5) is 0. The number of rotatable bonds is 4. The van der Waals surface area contributed by atoms with Crippen LogP contribution in [0.25, 0.3) is 0 Å². The first-order valence-corrected chi connectivity index (χ1v) is 6.60. The number of hydrogen-bond donors (Lipinski definition) is 1. The molecule has 96 valence electrons. The van der Waals surface area contributed by atoms with E-state index >= 15 is 0 Å². The third-order valence-corrected chi connectivity index (χ3v) is 3.63. The van der Waals surface area contributed by atoms with Gasteiger partial charge in [-0.15, -0.1) is 11.6 Å². The van der Waals surface area contributed by atoms with E-state index in [4.69, 9.17) is 23.2 Å². The van der Waals surface area contributed by atoms with E-state index in [2.05, 4.69) is 10.4 Å². The number of aromatic nitrogens is 2. The summed E-state index contributed by atoms with van der Waals surface area (Å²) in [5.74, 6) is 0.536. The Morgan fingerprint density at radius 1 is 1.28 bits per heavy atom. The third kappa shape index (κ3) is 2.79. The van der Waals surface area contributed by atoms with Gasteiger partial charge in [-0.2, -0.15) is 5.10 Å². The minimum atomic E-state index is 0.536. The molecule has 2 aromatic rings. The number of hydrogen-bond acceptors (Lipinski definition) is 2. The summed E-state index contributed by atoms with van der Waals surface area (Å²) in [5.41, 5.74) is 4.13. The van der Waals surface area contributed by atoms with Crippen LogP contribution in [0, 0.1) is 6.92 Å². The van der Waals surface area contributed by atoms with Crippen LogP contribution >= 0.6 is 23.2 Å². The molecule has 0 aliphatic carbocycles. The van der Waals surface area contributed by atoms with Crippen LogP contribution in [0.1, 0.15) is 16.8 Å². The number of anilines is 1. The number of nitrogens with zero attached hydrogens (tertiary/aromatic N) is 2. The van der Waals surface area contributed by atoms with Crippen LogP contribution in [-0.4, -0.2) is 9.78 Å². The quantitative estimate of drug-likeness (QED) is 0.867. The van der Waals surface area contributed by atoms with E-state index < -0.39 is 0 Å². The molecule has 0 unspecified atom stereocenters. The van der Waals surface area contributed by atoms with Gasteiger partial charge in [-0.05, 0) is 24.6 Å². The predicted molar refractivity (Wildman–Crippen MR) is 76.3 cm³/mol. The van der Waals surface area contributed by atoms with Gasteiger partial charge in [0.05, 0.1) is 5.69 Å². The van der Waals surface area contributed by atoms with Crippen LogP contribution in [0.2, 0.25) is 5.15 Å². The summed E-state index contributed by atoms with van der Waals surface area (Å²) in [7, 11) is 1.84. The molecule has 18 heavy (non-hydrogen) atoms. The molecular weight excluding hydrogens is 269 g/mol. The van der Waals surface area contributed by atoms with Gasteiger partial charge in [0, 0.05) is 30.7 Å². The highest BCUT2D eigenvalue weighted by molar-refractivity contribution is 6.30. The first-order chi connectivity index (χ1) is 8.61. The minimum Gasteiger partial charge on any atom is -0.381 e. The van der Waals surface area contributed by atoms with E-state index in [1.54, 1.807) is 4.68 Å². The van der Waals surface area contributed by atoms with E-state index in [9.17, 15) is 0 Å². The van der Waals surface area contributed by atoms with Crippen LogP contribution in [-0.2, 0) is 19.5 Å². The Kier molecular flexibility index (Phi) is 4.15. The second kappa shape index (κ2) is 5.63. The molecule has 0 bridgehead atoms. The fourth-order valence-electron chi connectivity index (χ4n) is 1.78. The van der Waals surface area contributed by atoms with Gasteiger partial charge >= 0.3 is 0 Å². The number of nitrogens with one attached hydrogen (secondary N) is 1. The zero-order chi connectivity index (χ0) is 13.1. The molecule has 0 saturated carbocycles. The molecule has 3 nitrogen and oxygen atoms in total. The van der Waals surface area contributed by atoms with E-state index in [1.165, 1.54) is 0 Å². The molecule has 1 aromatic carbocycles. The zero-order valence-electron chi connectivity index (χ0n) is 10.4. The predicted octanol–water partition coefficient (Wildman–Crippen LogP) is 3.73. The van der Waals surface area contributed by atoms with Crippen molar-refractivity contribution in [2.75, 3.05) is 5.32 Å². The number of alkyl halides is 1. The van der Waals surface area contributed by atoms with Crippen LogP contribution in [0.15, 0.2) is 24.3 Å². The van der Waals surface area contributed by atoms with Gasteiger partial charge in [-0.1, -0.05) is 23.7 Å². The van der Waals surface area contributed by atoms with Gasteiger partial charge in [0.25, 0.3) is 0 Å². The molecule has 0 radical (unpaired) electrons. The first kappa shape index (κ1) is 13.2. The topological polar surface area (TPSA) is 29.9 Å². The number of aryl methyl sites for hydroxylation is 2. The molecule has 2 rings (SSSR count). The smallest absolute Gasteiger partial charge is 0.131 e. The second-order valence-corrected chi connectivity index (χ2v) is 4.79. The maximum atomic E-state index is 6.17. The van der Waals surface area contributed by atoms with Crippen molar-refractivity contribution >= 4 is 28.9 Å². The summed E-state index contributed by atoms with van der Waals surface area (Å²) in [6, 6.07) is 8.04. The lowest BCUT2D eigenvalue weighted by atomic mass is 10.2. The van der Waals surface area contributed by atoms with Crippen LogP contribution in [0.5, 0.6) is 0 Å². The largest absolute Gasteiger partial charge is 0.381 e. The normalized spacial score (nSPS) is 10.7. The highest BCUT2D eigenvalue weighted by Gasteiger charge is 2.10. The van der Waals surface area contributed by atoms with Crippen molar-refractivity contribution in [3.8, 4) is 0 Å². The van der Waals surface area contributed by atoms with Gasteiger partial charge in [-0.3, -0.25) is 4.68 Å². The molecular formula is C13H15Cl2N3. The van der Waals surface area contributed by atoms with Gasteiger partial charge in [0.2, 0.25) is 0 Å². The Bertz CT molecular complexity index is 532. The lowest BCUT2D eigenvalue weighted by Crippen LogP contribution is -2.00. The number of halogens is 2. The maximum Gasteiger partial charge on any atom is 0.131 e. The molecule has 5 heteroatoms. The Balaban J connectivity index is 2.06. The minimum absolute atomic E-state index is 0.536. The molecule has 0 atom stereocenters. The zero-order valence-corrected chi connectivity index (χ0v) is 11.9. The van der Waals surface area contributed by atoms with Crippen LogP contribution in [0.4, 0.5) is 5.69 Å². The van der Waals surface area contributed by atoms with Gasteiger partial charge < -0.3 is 5.32 Å². The fraction of sp³-hybridized carbons (Fsp3) is 0.308. The van der Waals surface area contributed by atoms with Crippen molar-refractivity contribution in [1.82, 2.24) is 9.78 Å². The molecule has 0 aliphatic heterocycles. The summed E-state index contributed by atoms with van der Waals surface area (Å²) in [6.07, 6.45) is 0.